The van der Waals surface area contributed by atoms with E-state index in [1.807, 2.05) is 0 Å². The minimum atomic E-state index is -0.586. The maximum Gasteiger partial charge on any atom is 0.288 e. The third-order valence-electron chi connectivity index (χ3n) is 3.72. The number of halogens is 1. The normalized spacial score (nSPS) is 15.2. The molecule has 1 aromatic rings. The molecule has 1 fully saturated rings. The van der Waals surface area contributed by atoms with Crippen molar-refractivity contribution in [1.29, 1.82) is 0 Å². The lowest BCUT2D eigenvalue weighted by atomic mass is 10.0. The highest BCUT2D eigenvalue weighted by Gasteiger charge is 2.17. The molecule has 0 atom stereocenters. The highest BCUT2D eigenvalue weighted by Crippen LogP contribution is 2.27. The van der Waals surface area contributed by atoms with Crippen molar-refractivity contribution in [1.82, 2.24) is 5.32 Å². The zero-order valence-corrected chi connectivity index (χ0v) is 11.9. The van der Waals surface area contributed by atoms with Crippen LogP contribution in [0.3, 0.4) is 0 Å². The minimum Gasteiger partial charge on any atom is -0.352 e. The van der Waals surface area contributed by atoms with Gasteiger partial charge >= 0.3 is 0 Å². The molecule has 1 aromatic carbocycles. The van der Waals surface area contributed by atoms with Crippen LogP contribution in [0.2, 0.25) is 5.02 Å². The van der Waals surface area contributed by atoms with E-state index in [9.17, 15) is 14.9 Å². The topological polar surface area (TPSA) is 72.2 Å². The zero-order valence-electron chi connectivity index (χ0n) is 11.1. The molecular formula is C14H17ClN2O3. The van der Waals surface area contributed by atoms with Gasteiger partial charge in [0.25, 0.3) is 11.6 Å². The van der Waals surface area contributed by atoms with Crippen LogP contribution in [0.5, 0.6) is 0 Å². The molecule has 1 N–H and O–H groups in total. The lowest BCUT2D eigenvalue weighted by Gasteiger charge is -2.10. The Morgan fingerprint density at radius 1 is 1.40 bits per heavy atom. The summed E-state index contributed by atoms with van der Waals surface area (Å²) in [6.45, 7) is 0.611. The molecule has 6 heteroatoms. The molecule has 1 amide bonds. The van der Waals surface area contributed by atoms with Gasteiger partial charge in [-0.05, 0) is 24.5 Å². The molecule has 2 rings (SSSR count). The van der Waals surface area contributed by atoms with E-state index >= 15 is 0 Å². The first-order valence-electron chi connectivity index (χ1n) is 6.80. The molecule has 0 unspecified atom stereocenters. The van der Waals surface area contributed by atoms with Crippen LogP contribution in [0.1, 0.15) is 42.5 Å². The van der Waals surface area contributed by atoms with Crippen molar-refractivity contribution in [3.63, 3.8) is 0 Å². The number of nitro benzene ring substituents is 1. The fourth-order valence-electron chi connectivity index (χ4n) is 2.58. The van der Waals surface area contributed by atoms with E-state index in [1.165, 1.54) is 43.9 Å². The minimum absolute atomic E-state index is 0.0394. The number of carbonyl (C=O) groups excluding carboxylic acids is 1. The van der Waals surface area contributed by atoms with Gasteiger partial charge < -0.3 is 5.32 Å². The maximum atomic E-state index is 11.9. The van der Waals surface area contributed by atoms with Gasteiger partial charge in [0.15, 0.2) is 0 Å². The van der Waals surface area contributed by atoms with Crippen LogP contribution in [0, 0.1) is 16.0 Å². The second-order valence-corrected chi connectivity index (χ2v) is 5.53. The molecule has 0 aromatic heterocycles. The molecule has 1 aliphatic carbocycles. The summed E-state index contributed by atoms with van der Waals surface area (Å²) in [5, 5.41) is 13.6. The van der Waals surface area contributed by atoms with Gasteiger partial charge in [0.1, 0.15) is 5.02 Å². The van der Waals surface area contributed by atoms with E-state index in [0.29, 0.717) is 12.5 Å². The Kier molecular flexibility index (Phi) is 4.95. The van der Waals surface area contributed by atoms with Crippen molar-refractivity contribution in [3.8, 4) is 0 Å². The number of carbonyl (C=O) groups is 1. The van der Waals surface area contributed by atoms with E-state index in [-0.39, 0.29) is 22.2 Å². The summed E-state index contributed by atoms with van der Waals surface area (Å²) in [5.74, 6) is 0.414. The van der Waals surface area contributed by atoms with Crippen LogP contribution in [0.15, 0.2) is 18.2 Å². The molecule has 0 saturated heterocycles. The van der Waals surface area contributed by atoms with E-state index in [0.717, 1.165) is 6.42 Å². The number of nitro groups is 1. The molecule has 0 aliphatic heterocycles. The average molecular weight is 297 g/mol. The third kappa shape index (κ3) is 3.70. The van der Waals surface area contributed by atoms with E-state index in [2.05, 4.69) is 5.32 Å². The Hall–Kier alpha value is -1.62. The standard InChI is InChI=1S/C14H17ClN2O3/c15-12-6-5-11(9-13(12)17(19)20)14(18)16-8-7-10-3-1-2-4-10/h5-6,9-10H,1-4,7-8H2,(H,16,18). The largest absolute Gasteiger partial charge is 0.352 e. The van der Waals surface area contributed by atoms with Crippen molar-refractivity contribution >= 4 is 23.2 Å². The molecule has 0 heterocycles. The summed E-state index contributed by atoms with van der Waals surface area (Å²) in [7, 11) is 0. The first-order chi connectivity index (χ1) is 9.58. The number of nitrogens with one attached hydrogen (secondary N) is 1. The number of benzene rings is 1. The fraction of sp³-hybridized carbons (Fsp3) is 0.500. The van der Waals surface area contributed by atoms with Crippen LogP contribution >= 0.6 is 11.6 Å². The van der Waals surface area contributed by atoms with Crippen molar-refractivity contribution in [3.05, 3.63) is 38.9 Å². The third-order valence-corrected chi connectivity index (χ3v) is 4.04. The quantitative estimate of drug-likeness (QED) is 0.667. The summed E-state index contributed by atoms with van der Waals surface area (Å²) < 4.78 is 0. The number of rotatable bonds is 5. The van der Waals surface area contributed by atoms with Gasteiger partial charge in [-0.1, -0.05) is 37.3 Å². The Bertz CT molecular complexity index is 513. The summed E-state index contributed by atoms with van der Waals surface area (Å²) >= 11 is 5.71. The molecule has 108 valence electrons. The summed E-state index contributed by atoms with van der Waals surface area (Å²) in [6.07, 6.45) is 6.01. The molecule has 20 heavy (non-hydrogen) atoms. The summed E-state index contributed by atoms with van der Waals surface area (Å²) in [4.78, 5) is 22.1. The Balaban J connectivity index is 1.91. The average Bonchev–Trinajstić information content (AvgIpc) is 2.92. The SMILES string of the molecule is O=C(NCCC1CCCC1)c1ccc(Cl)c([N+](=O)[O-])c1. The number of hydrogen-bond donors (Lipinski definition) is 1. The highest BCUT2D eigenvalue weighted by molar-refractivity contribution is 6.32. The van der Waals surface area contributed by atoms with Gasteiger partial charge in [-0.25, -0.2) is 0 Å². The van der Waals surface area contributed by atoms with Crippen molar-refractivity contribution in [2.24, 2.45) is 5.92 Å². The first-order valence-corrected chi connectivity index (χ1v) is 7.18. The van der Waals surface area contributed by atoms with Crippen LogP contribution in [-0.2, 0) is 0 Å². The maximum absolute atomic E-state index is 11.9. The van der Waals surface area contributed by atoms with Gasteiger partial charge in [0.2, 0.25) is 0 Å². The molecular weight excluding hydrogens is 280 g/mol. The predicted molar refractivity (Wildman–Crippen MR) is 77.0 cm³/mol. The summed E-state index contributed by atoms with van der Waals surface area (Å²) in [5.41, 5.74) is 0.0302. The number of amides is 1. The van der Waals surface area contributed by atoms with Gasteiger partial charge in [-0.3, -0.25) is 14.9 Å². The lowest BCUT2D eigenvalue weighted by molar-refractivity contribution is -0.384. The van der Waals surface area contributed by atoms with Gasteiger partial charge in [-0.15, -0.1) is 0 Å². The van der Waals surface area contributed by atoms with Crippen LogP contribution < -0.4 is 5.32 Å². The zero-order chi connectivity index (χ0) is 14.5. The molecule has 0 radical (unpaired) electrons. The molecule has 5 nitrogen and oxygen atoms in total. The Morgan fingerprint density at radius 3 is 2.75 bits per heavy atom. The number of nitrogens with zero attached hydrogens (tertiary/aromatic N) is 1. The van der Waals surface area contributed by atoms with Crippen LogP contribution in [0.4, 0.5) is 5.69 Å². The highest BCUT2D eigenvalue weighted by atomic mass is 35.5. The molecule has 0 spiro atoms. The number of hydrogen-bond acceptors (Lipinski definition) is 3. The second-order valence-electron chi connectivity index (χ2n) is 5.12. The van der Waals surface area contributed by atoms with Crippen LogP contribution in [-0.4, -0.2) is 17.4 Å². The van der Waals surface area contributed by atoms with Gasteiger partial charge in [-0.2, -0.15) is 0 Å². The Morgan fingerprint density at radius 2 is 2.10 bits per heavy atom. The van der Waals surface area contributed by atoms with Gasteiger partial charge in [0, 0.05) is 18.2 Å². The van der Waals surface area contributed by atoms with Crippen molar-refractivity contribution in [2.75, 3.05) is 6.54 Å². The lowest BCUT2D eigenvalue weighted by Crippen LogP contribution is -2.25. The monoisotopic (exact) mass is 296 g/mol. The first kappa shape index (κ1) is 14.8. The van der Waals surface area contributed by atoms with E-state index in [4.69, 9.17) is 11.6 Å². The van der Waals surface area contributed by atoms with Crippen molar-refractivity contribution in [2.45, 2.75) is 32.1 Å². The van der Waals surface area contributed by atoms with Crippen LogP contribution in [0.25, 0.3) is 0 Å². The molecule has 1 saturated carbocycles. The van der Waals surface area contributed by atoms with Crippen molar-refractivity contribution < 1.29 is 9.72 Å². The second kappa shape index (κ2) is 6.70. The van der Waals surface area contributed by atoms with Gasteiger partial charge in [0.05, 0.1) is 4.92 Å². The smallest absolute Gasteiger partial charge is 0.288 e. The molecule has 1 aliphatic rings. The fourth-order valence-corrected chi connectivity index (χ4v) is 2.77. The van der Waals surface area contributed by atoms with E-state index < -0.39 is 4.92 Å². The molecule has 0 bridgehead atoms. The Labute approximate surface area is 122 Å². The summed E-state index contributed by atoms with van der Waals surface area (Å²) in [6, 6.07) is 4.10. The van der Waals surface area contributed by atoms with E-state index in [1.54, 1.807) is 0 Å². The predicted octanol–water partition coefficient (Wildman–Crippen LogP) is 3.56.